The van der Waals surface area contributed by atoms with Crippen LogP contribution in [0.25, 0.3) is 0 Å². The summed E-state index contributed by atoms with van der Waals surface area (Å²) in [5.41, 5.74) is 0. The van der Waals surface area contributed by atoms with Crippen LogP contribution < -0.4 is 9.80 Å². The standard InChI is InChI=1S/C17H26FN5O/c1-13-4-2-3-5-23(13)14-11-22(12-14)17-19-10-15(18)16(20-17)21-6-8-24-9-7-21/h10,13-14H,2-9,11-12H2,1H3. The SMILES string of the molecule is CC1CCCCN1C1CN(c2ncc(F)c(N3CCOCC3)n2)C1. The number of rotatable bonds is 3. The van der Waals surface area contributed by atoms with Gasteiger partial charge in [-0.25, -0.2) is 9.37 Å². The Kier molecular flexibility index (Phi) is 4.54. The zero-order chi connectivity index (χ0) is 16.5. The van der Waals surface area contributed by atoms with E-state index in [1.165, 1.54) is 32.0 Å². The Hall–Kier alpha value is -1.47. The average Bonchev–Trinajstić information content (AvgIpc) is 2.57. The largest absolute Gasteiger partial charge is 0.378 e. The van der Waals surface area contributed by atoms with Crippen molar-refractivity contribution in [1.82, 2.24) is 14.9 Å². The predicted octanol–water partition coefficient (Wildman–Crippen LogP) is 1.52. The van der Waals surface area contributed by atoms with E-state index in [2.05, 4.69) is 26.7 Å². The number of likely N-dealkylation sites (tertiary alicyclic amines) is 1. The highest BCUT2D eigenvalue weighted by Gasteiger charge is 2.36. The van der Waals surface area contributed by atoms with Gasteiger partial charge in [-0.2, -0.15) is 4.98 Å². The molecule has 0 radical (unpaired) electrons. The van der Waals surface area contributed by atoms with E-state index in [1.54, 1.807) is 0 Å². The van der Waals surface area contributed by atoms with Gasteiger partial charge in [0.05, 0.1) is 19.4 Å². The number of nitrogens with zero attached hydrogens (tertiary/aromatic N) is 5. The topological polar surface area (TPSA) is 44.7 Å². The van der Waals surface area contributed by atoms with Crippen molar-refractivity contribution < 1.29 is 9.13 Å². The summed E-state index contributed by atoms with van der Waals surface area (Å²) in [6.45, 7) is 8.02. The molecule has 1 atom stereocenters. The summed E-state index contributed by atoms with van der Waals surface area (Å²) in [5.74, 6) is 0.722. The van der Waals surface area contributed by atoms with Crippen molar-refractivity contribution in [3.63, 3.8) is 0 Å². The van der Waals surface area contributed by atoms with Gasteiger partial charge in [-0.3, -0.25) is 4.90 Å². The van der Waals surface area contributed by atoms with Crippen LogP contribution in [-0.4, -0.2) is 72.9 Å². The molecule has 1 aromatic rings. The first-order valence-corrected chi connectivity index (χ1v) is 9.08. The molecule has 6 nitrogen and oxygen atoms in total. The maximum absolute atomic E-state index is 14.1. The Morgan fingerprint density at radius 3 is 2.67 bits per heavy atom. The Labute approximate surface area is 142 Å². The van der Waals surface area contributed by atoms with Crippen LogP contribution in [0.1, 0.15) is 26.2 Å². The van der Waals surface area contributed by atoms with Gasteiger partial charge in [0.2, 0.25) is 5.95 Å². The molecule has 4 heterocycles. The van der Waals surface area contributed by atoms with Crippen molar-refractivity contribution in [1.29, 1.82) is 0 Å². The molecule has 4 rings (SSSR count). The second kappa shape index (κ2) is 6.80. The third kappa shape index (κ3) is 3.07. The lowest BCUT2D eigenvalue weighted by molar-refractivity contribution is 0.0869. The summed E-state index contributed by atoms with van der Waals surface area (Å²) in [7, 11) is 0. The first kappa shape index (κ1) is 16.0. The normalized spacial score (nSPS) is 26.5. The van der Waals surface area contributed by atoms with Crippen molar-refractivity contribution in [2.45, 2.75) is 38.3 Å². The number of anilines is 2. The van der Waals surface area contributed by atoms with Gasteiger partial charge in [0.15, 0.2) is 11.6 Å². The number of ether oxygens (including phenoxy) is 1. The molecule has 3 aliphatic rings. The van der Waals surface area contributed by atoms with Gasteiger partial charge in [0, 0.05) is 38.3 Å². The maximum Gasteiger partial charge on any atom is 0.227 e. The van der Waals surface area contributed by atoms with E-state index < -0.39 is 0 Å². The molecular weight excluding hydrogens is 309 g/mol. The van der Waals surface area contributed by atoms with Crippen molar-refractivity contribution in [3.8, 4) is 0 Å². The molecule has 7 heteroatoms. The molecule has 0 bridgehead atoms. The highest BCUT2D eigenvalue weighted by Crippen LogP contribution is 2.28. The van der Waals surface area contributed by atoms with Gasteiger partial charge in [-0.05, 0) is 26.3 Å². The number of morpholine rings is 1. The molecule has 3 saturated heterocycles. The summed E-state index contributed by atoms with van der Waals surface area (Å²) in [5, 5.41) is 0. The molecule has 1 unspecified atom stereocenters. The monoisotopic (exact) mass is 335 g/mol. The Morgan fingerprint density at radius 2 is 1.92 bits per heavy atom. The fraction of sp³-hybridized carbons (Fsp3) is 0.765. The van der Waals surface area contributed by atoms with Crippen LogP contribution in [0.2, 0.25) is 0 Å². The van der Waals surface area contributed by atoms with Gasteiger partial charge < -0.3 is 14.5 Å². The minimum Gasteiger partial charge on any atom is -0.378 e. The molecule has 132 valence electrons. The average molecular weight is 335 g/mol. The number of aromatic nitrogens is 2. The van der Waals surface area contributed by atoms with E-state index >= 15 is 0 Å². The summed E-state index contributed by atoms with van der Waals surface area (Å²) in [4.78, 5) is 15.5. The van der Waals surface area contributed by atoms with Crippen molar-refractivity contribution in [3.05, 3.63) is 12.0 Å². The quantitative estimate of drug-likeness (QED) is 0.834. The van der Waals surface area contributed by atoms with Crippen molar-refractivity contribution >= 4 is 11.8 Å². The number of piperidine rings is 1. The zero-order valence-electron chi connectivity index (χ0n) is 14.3. The van der Waals surface area contributed by atoms with E-state index in [0.29, 0.717) is 50.2 Å². The zero-order valence-corrected chi connectivity index (χ0v) is 14.3. The third-order valence-corrected chi connectivity index (χ3v) is 5.49. The fourth-order valence-corrected chi connectivity index (χ4v) is 3.99. The molecule has 0 N–H and O–H groups in total. The predicted molar refractivity (Wildman–Crippen MR) is 91.0 cm³/mol. The molecule has 3 fully saturated rings. The summed E-state index contributed by atoms with van der Waals surface area (Å²) in [6.07, 6.45) is 5.25. The Morgan fingerprint density at radius 1 is 1.12 bits per heavy atom. The van der Waals surface area contributed by atoms with Gasteiger partial charge in [0.25, 0.3) is 0 Å². The van der Waals surface area contributed by atoms with Gasteiger partial charge in [0.1, 0.15) is 0 Å². The van der Waals surface area contributed by atoms with Gasteiger partial charge >= 0.3 is 0 Å². The smallest absolute Gasteiger partial charge is 0.227 e. The van der Waals surface area contributed by atoms with Crippen molar-refractivity contribution in [2.24, 2.45) is 0 Å². The molecule has 0 aliphatic carbocycles. The first-order chi connectivity index (χ1) is 11.7. The second-order valence-corrected chi connectivity index (χ2v) is 7.08. The van der Waals surface area contributed by atoms with Gasteiger partial charge in [-0.1, -0.05) is 6.42 Å². The van der Waals surface area contributed by atoms with Crippen LogP contribution >= 0.6 is 0 Å². The van der Waals surface area contributed by atoms with Crippen LogP contribution in [0, 0.1) is 5.82 Å². The van der Waals surface area contributed by atoms with E-state index in [9.17, 15) is 4.39 Å². The minimum absolute atomic E-state index is 0.345. The molecular formula is C17H26FN5O. The van der Waals surface area contributed by atoms with Crippen LogP contribution in [-0.2, 0) is 4.74 Å². The molecule has 0 spiro atoms. The van der Waals surface area contributed by atoms with E-state index in [-0.39, 0.29) is 5.82 Å². The Bertz CT molecular complexity index is 574. The molecule has 1 aromatic heterocycles. The fourth-order valence-electron chi connectivity index (χ4n) is 3.99. The van der Waals surface area contributed by atoms with E-state index in [0.717, 1.165) is 13.1 Å². The molecule has 3 aliphatic heterocycles. The highest BCUT2D eigenvalue weighted by molar-refractivity contribution is 5.47. The molecule has 0 amide bonds. The lowest BCUT2D eigenvalue weighted by Crippen LogP contribution is -2.62. The van der Waals surface area contributed by atoms with E-state index in [4.69, 9.17) is 4.74 Å². The van der Waals surface area contributed by atoms with E-state index in [1.807, 2.05) is 4.90 Å². The summed E-state index contributed by atoms with van der Waals surface area (Å²) in [6, 6.07) is 1.25. The van der Waals surface area contributed by atoms with Gasteiger partial charge in [-0.15, -0.1) is 0 Å². The molecule has 0 aromatic carbocycles. The lowest BCUT2D eigenvalue weighted by atomic mass is 9.98. The van der Waals surface area contributed by atoms with Crippen LogP contribution in [0.15, 0.2) is 6.20 Å². The third-order valence-electron chi connectivity index (χ3n) is 5.49. The first-order valence-electron chi connectivity index (χ1n) is 9.08. The number of hydrogen-bond acceptors (Lipinski definition) is 6. The minimum atomic E-state index is -0.345. The number of hydrogen-bond donors (Lipinski definition) is 0. The number of halogens is 1. The van der Waals surface area contributed by atoms with Crippen molar-refractivity contribution in [2.75, 3.05) is 55.7 Å². The molecule has 24 heavy (non-hydrogen) atoms. The summed E-state index contributed by atoms with van der Waals surface area (Å²) >= 11 is 0. The lowest BCUT2D eigenvalue weighted by Gasteiger charge is -2.49. The van der Waals surface area contributed by atoms with Crippen LogP contribution in [0.3, 0.4) is 0 Å². The maximum atomic E-state index is 14.1. The van der Waals surface area contributed by atoms with Crippen LogP contribution in [0.5, 0.6) is 0 Å². The highest BCUT2D eigenvalue weighted by atomic mass is 19.1. The molecule has 0 saturated carbocycles. The summed E-state index contributed by atoms with van der Waals surface area (Å²) < 4.78 is 19.5. The Balaban J connectivity index is 1.42. The van der Waals surface area contributed by atoms with Crippen LogP contribution in [0.4, 0.5) is 16.2 Å². The second-order valence-electron chi connectivity index (χ2n) is 7.08.